The van der Waals surface area contributed by atoms with Crippen molar-refractivity contribution in [1.82, 2.24) is 0 Å². The van der Waals surface area contributed by atoms with Crippen molar-refractivity contribution in [2.45, 2.75) is 6.92 Å². The van der Waals surface area contributed by atoms with Crippen LogP contribution in [0.1, 0.15) is 6.92 Å². The molecule has 0 N–H and O–H groups in total. The van der Waals surface area contributed by atoms with E-state index in [4.69, 9.17) is 33.2 Å². The standard InChI is InChI=1S/C15H32O7/c1-3-17-6-7-19-10-11-21-14-15-22-13-12-20-9-8-18-5-4-16-2/h3-15H2,1-2H3. The van der Waals surface area contributed by atoms with Gasteiger partial charge in [-0.05, 0) is 6.92 Å². The molecule has 0 atom stereocenters. The van der Waals surface area contributed by atoms with Crippen LogP contribution in [0.2, 0.25) is 0 Å². The van der Waals surface area contributed by atoms with E-state index in [1.165, 1.54) is 0 Å². The second-order valence-electron chi connectivity index (χ2n) is 4.25. The van der Waals surface area contributed by atoms with Gasteiger partial charge in [0.2, 0.25) is 0 Å². The lowest BCUT2D eigenvalue weighted by molar-refractivity contribution is -0.0186. The Morgan fingerprint density at radius 2 is 0.682 bits per heavy atom. The molecule has 0 aromatic carbocycles. The molecule has 7 heteroatoms. The second-order valence-corrected chi connectivity index (χ2v) is 4.25. The molecule has 0 unspecified atom stereocenters. The Hall–Kier alpha value is -0.280. The van der Waals surface area contributed by atoms with Crippen LogP contribution < -0.4 is 0 Å². The van der Waals surface area contributed by atoms with E-state index in [-0.39, 0.29) is 0 Å². The number of methoxy groups -OCH3 is 1. The lowest BCUT2D eigenvalue weighted by atomic mass is 10.7. The molecule has 0 saturated heterocycles. The average molecular weight is 324 g/mol. The van der Waals surface area contributed by atoms with Gasteiger partial charge < -0.3 is 33.2 Å². The quantitative estimate of drug-likeness (QED) is 0.325. The van der Waals surface area contributed by atoms with Gasteiger partial charge in [0, 0.05) is 13.7 Å². The van der Waals surface area contributed by atoms with Crippen LogP contribution in [-0.4, -0.2) is 93.0 Å². The predicted octanol–water partition coefficient (Wildman–Crippen LogP) is 0.752. The van der Waals surface area contributed by atoms with E-state index in [0.29, 0.717) is 79.3 Å². The van der Waals surface area contributed by atoms with E-state index < -0.39 is 0 Å². The zero-order valence-electron chi connectivity index (χ0n) is 14.1. The highest BCUT2D eigenvalue weighted by Gasteiger charge is 1.93. The lowest BCUT2D eigenvalue weighted by Crippen LogP contribution is -2.14. The van der Waals surface area contributed by atoms with Crippen molar-refractivity contribution in [3.63, 3.8) is 0 Å². The van der Waals surface area contributed by atoms with Gasteiger partial charge in [-0.1, -0.05) is 0 Å². The van der Waals surface area contributed by atoms with Gasteiger partial charge in [-0.3, -0.25) is 0 Å². The minimum Gasteiger partial charge on any atom is -0.382 e. The van der Waals surface area contributed by atoms with Crippen molar-refractivity contribution in [1.29, 1.82) is 0 Å². The van der Waals surface area contributed by atoms with E-state index in [2.05, 4.69) is 0 Å². The summed E-state index contributed by atoms with van der Waals surface area (Å²) in [5.41, 5.74) is 0. The van der Waals surface area contributed by atoms with E-state index in [0.717, 1.165) is 6.61 Å². The fourth-order valence-electron chi connectivity index (χ4n) is 1.39. The summed E-state index contributed by atoms with van der Waals surface area (Å²) in [5, 5.41) is 0. The molecular formula is C15H32O7. The minimum atomic E-state index is 0.562. The number of ether oxygens (including phenoxy) is 7. The van der Waals surface area contributed by atoms with Crippen LogP contribution in [0.15, 0.2) is 0 Å². The van der Waals surface area contributed by atoms with Crippen molar-refractivity contribution in [2.75, 3.05) is 93.0 Å². The zero-order chi connectivity index (χ0) is 16.1. The largest absolute Gasteiger partial charge is 0.382 e. The highest BCUT2D eigenvalue weighted by atomic mass is 16.6. The molecule has 0 aromatic heterocycles. The smallest absolute Gasteiger partial charge is 0.0701 e. The molecule has 0 heterocycles. The van der Waals surface area contributed by atoms with Crippen LogP contribution in [0.5, 0.6) is 0 Å². The first kappa shape index (κ1) is 21.7. The Kier molecular flexibility index (Phi) is 20.5. The molecule has 0 spiro atoms. The van der Waals surface area contributed by atoms with Gasteiger partial charge in [-0.2, -0.15) is 0 Å². The van der Waals surface area contributed by atoms with Gasteiger partial charge in [-0.15, -0.1) is 0 Å². The normalized spacial score (nSPS) is 11.2. The number of rotatable bonds is 19. The highest BCUT2D eigenvalue weighted by Crippen LogP contribution is 1.84. The molecule has 134 valence electrons. The van der Waals surface area contributed by atoms with Crippen LogP contribution in [0.3, 0.4) is 0 Å². The summed E-state index contributed by atoms with van der Waals surface area (Å²) in [6, 6.07) is 0. The van der Waals surface area contributed by atoms with Gasteiger partial charge >= 0.3 is 0 Å². The fraction of sp³-hybridized carbons (Fsp3) is 1.00. The van der Waals surface area contributed by atoms with Crippen molar-refractivity contribution < 1.29 is 33.2 Å². The Morgan fingerprint density at radius 3 is 0.955 bits per heavy atom. The molecule has 0 aliphatic heterocycles. The summed E-state index contributed by atoms with van der Waals surface area (Å²) in [4.78, 5) is 0. The van der Waals surface area contributed by atoms with Crippen LogP contribution in [0.4, 0.5) is 0 Å². The van der Waals surface area contributed by atoms with Crippen LogP contribution in [-0.2, 0) is 33.2 Å². The summed E-state index contributed by atoms with van der Waals surface area (Å²) in [6.07, 6.45) is 0. The first-order valence-corrected chi connectivity index (χ1v) is 7.87. The first-order valence-electron chi connectivity index (χ1n) is 7.87. The third-order valence-electron chi connectivity index (χ3n) is 2.50. The molecule has 0 radical (unpaired) electrons. The zero-order valence-corrected chi connectivity index (χ0v) is 14.1. The molecule has 0 saturated carbocycles. The van der Waals surface area contributed by atoms with Gasteiger partial charge in [-0.25, -0.2) is 0 Å². The van der Waals surface area contributed by atoms with Gasteiger partial charge in [0.15, 0.2) is 0 Å². The number of hydrogen-bond donors (Lipinski definition) is 0. The van der Waals surface area contributed by atoms with Crippen LogP contribution >= 0.6 is 0 Å². The number of hydrogen-bond acceptors (Lipinski definition) is 7. The Bertz CT molecular complexity index is 173. The molecule has 0 amide bonds. The molecule has 0 fully saturated rings. The predicted molar refractivity (Wildman–Crippen MR) is 82.5 cm³/mol. The Morgan fingerprint density at radius 1 is 0.409 bits per heavy atom. The monoisotopic (exact) mass is 324 g/mol. The molecular weight excluding hydrogens is 292 g/mol. The maximum absolute atomic E-state index is 5.37. The van der Waals surface area contributed by atoms with E-state index in [1.54, 1.807) is 7.11 Å². The van der Waals surface area contributed by atoms with Crippen molar-refractivity contribution >= 4 is 0 Å². The van der Waals surface area contributed by atoms with Crippen molar-refractivity contribution in [3.8, 4) is 0 Å². The molecule has 7 nitrogen and oxygen atoms in total. The van der Waals surface area contributed by atoms with Crippen molar-refractivity contribution in [3.05, 3.63) is 0 Å². The van der Waals surface area contributed by atoms with E-state index >= 15 is 0 Å². The highest BCUT2D eigenvalue weighted by molar-refractivity contribution is 4.36. The SMILES string of the molecule is CCOCCOCCOCCOCCOCCOCCOC. The van der Waals surface area contributed by atoms with Gasteiger partial charge in [0.25, 0.3) is 0 Å². The molecule has 0 aliphatic carbocycles. The maximum Gasteiger partial charge on any atom is 0.0701 e. The third-order valence-corrected chi connectivity index (χ3v) is 2.50. The second kappa shape index (κ2) is 20.7. The summed E-state index contributed by atoms with van der Waals surface area (Å²) < 4.78 is 36.6. The van der Waals surface area contributed by atoms with Gasteiger partial charge in [0.05, 0.1) is 79.3 Å². The topological polar surface area (TPSA) is 64.6 Å². The van der Waals surface area contributed by atoms with Crippen LogP contribution in [0, 0.1) is 0 Å². The lowest BCUT2D eigenvalue weighted by Gasteiger charge is -2.08. The average Bonchev–Trinajstić information content (AvgIpc) is 2.54. The summed E-state index contributed by atoms with van der Waals surface area (Å²) in [6.45, 7) is 9.71. The van der Waals surface area contributed by atoms with E-state index in [9.17, 15) is 0 Å². The van der Waals surface area contributed by atoms with Crippen LogP contribution in [0.25, 0.3) is 0 Å². The summed E-state index contributed by atoms with van der Waals surface area (Å²) in [5.74, 6) is 0. The fourth-order valence-corrected chi connectivity index (χ4v) is 1.39. The Balaban J connectivity index is 2.91. The van der Waals surface area contributed by atoms with Crippen molar-refractivity contribution in [2.24, 2.45) is 0 Å². The van der Waals surface area contributed by atoms with E-state index in [1.807, 2.05) is 6.92 Å². The molecule has 0 bridgehead atoms. The molecule has 22 heavy (non-hydrogen) atoms. The Labute approximate surface area is 134 Å². The summed E-state index contributed by atoms with van der Waals surface area (Å²) >= 11 is 0. The molecule has 0 aliphatic rings. The van der Waals surface area contributed by atoms with Gasteiger partial charge in [0.1, 0.15) is 0 Å². The molecule has 0 rings (SSSR count). The molecule has 0 aromatic rings. The maximum atomic E-state index is 5.37. The summed E-state index contributed by atoms with van der Waals surface area (Å²) in [7, 11) is 1.65. The third kappa shape index (κ3) is 19.7. The first-order chi connectivity index (χ1) is 10.9. The minimum absolute atomic E-state index is 0.562.